The monoisotopic (exact) mass is 286 g/mol. The summed E-state index contributed by atoms with van der Waals surface area (Å²) in [6.45, 7) is -0.0811. The summed E-state index contributed by atoms with van der Waals surface area (Å²) in [5.74, 6) is -0.684. The second-order valence-electron chi connectivity index (χ2n) is 2.54. The lowest BCUT2D eigenvalue weighted by molar-refractivity contribution is -0.276. The molecular weight excluding hydrogens is 281 g/mol. The standard InChI is InChI=1S/C7H6BrF3N2O2/c8-6-3(2-12)4(14)1-5(13-6)15-7(9,10)11/h1H,2,12H2,(H,13,14). The molecule has 1 heterocycles. The SMILES string of the molecule is NCc1c(Br)[nH]c(OC(F)(F)F)cc1=O. The third kappa shape index (κ3) is 3.24. The van der Waals surface area contributed by atoms with E-state index in [0.717, 1.165) is 0 Å². The number of H-pyrrole nitrogens is 1. The topological polar surface area (TPSA) is 68.1 Å². The fourth-order valence-electron chi connectivity index (χ4n) is 0.904. The van der Waals surface area contributed by atoms with Gasteiger partial charge in [-0.3, -0.25) is 4.79 Å². The highest BCUT2D eigenvalue weighted by Gasteiger charge is 2.31. The van der Waals surface area contributed by atoms with Gasteiger partial charge in [0.2, 0.25) is 5.88 Å². The molecule has 0 aliphatic heterocycles. The Hall–Kier alpha value is -1.02. The molecule has 0 fully saturated rings. The van der Waals surface area contributed by atoms with E-state index in [0.29, 0.717) is 6.07 Å². The zero-order valence-electron chi connectivity index (χ0n) is 7.19. The number of halogens is 4. The van der Waals surface area contributed by atoms with Gasteiger partial charge in [0.25, 0.3) is 0 Å². The van der Waals surface area contributed by atoms with Crippen LogP contribution in [0.4, 0.5) is 13.2 Å². The first kappa shape index (κ1) is 12.1. The maximum absolute atomic E-state index is 11.8. The number of ether oxygens (including phenoxy) is 1. The molecule has 0 bridgehead atoms. The highest BCUT2D eigenvalue weighted by Crippen LogP contribution is 2.21. The van der Waals surface area contributed by atoms with Crippen LogP contribution in [0.2, 0.25) is 0 Å². The molecule has 0 spiro atoms. The molecule has 84 valence electrons. The van der Waals surface area contributed by atoms with Gasteiger partial charge < -0.3 is 15.5 Å². The van der Waals surface area contributed by atoms with Crippen molar-refractivity contribution in [3.8, 4) is 5.88 Å². The lowest BCUT2D eigenvalue weighted by Gasteiger charge is -2.09. The number of aromatic nitrogens is 1. The molecule has 0 aliphatic carbocycles. The molecule has 0 aliphatic rings. The maximum Gasteiger partial charge on any atom is 0.574 e. The molecule has 4 nitrogen and oxygen atoms in total. The van der Waals surface area contributed by atoms with E-state index in [1.54, 1.807) is 0 Å². The summed E-state index contributed by atoms with van der Waals surface area (Å²) in [4.78, 5) is 13.4. The molecule has 0 atom stereocenters. The van der Waals surface area contributed by atoms with Gasteiger partial charge in [-0.1, -0.05) is 0 Å². The van der Waals surface area contributed by atoms with Crippen LogP contribution in [0, 0.1) is 0 Å². The summed E-state index contributed by atoms with van der Waals surface area (Å²) in [6, 6.07) is 0.695. The van der Waals surface area contributed by atoms with E-state index in [2.05, 4.69) is 25.7 Å². The van der Waals surface area contributed by atoms with Crippen molar-refractivity contribution < 1.29 is 17.9 Å². The van der Waals surface area contributed by atoms with Crippen molar-refractivity contribution in [2.75, 3.05) is 0 Å². The van der Waals surface area contributed by atoms with Crippen LogP contribution < -0.4 is 15.9 Å². The Morgan fingerprint density at radius 1 is 1.53 bits per heavy atom. The Morgan fingerprint density at radius 2 is 2.13 bits per heavy atom. The van der Waals surface area contributed by atoms with Gasteiger partial charge in [-0.05, 0) is 15.9 Å². The van der Waals surface area contributed by atoms with Gasteiger partial charge in [-0.25, -0.2) is 0 Å². The minimum Gasteiger partial charge on any atom is -0.390 e. The summed E-state index contributed by atoms with van der Waals surface area (Å²) in [5.41, 5.74) is 4.75. The van der Waals surface area contributed by atoms with Crippen LogP contribution >= 0.6 is 15.9 Å². The van der Waals surface area contributed by atoms with Gasteiger partial charge in [-0.15, -0.1) is 13.2 Å². The normalized spacial score (nSPS) is 11.5. The maximum atomic E-state index is 11.8. The minimum absolute atomic E-state index is 0.0803. The van der Waals surface area contributed by atoms with E-state index < -0.39 is 17.7 Å². The van der Waals surface area contributed by atoms with E-state index in [-0.39, 0.29) is 16.7 Å². The van der Waals surface area contributed by atoms with Crippen LogP contribution in [0.15, 0.2) is 15.5 Å². The van der Waals surface area contributed by atoms with Crippen LogP contribution in [0.1, 0.15) is 5.56 Å². The van der Waals surface area contributed by atoms with Crippen LogP contribution in [-0.2, 0) is 6.54 Å². The predicted molar refractivity (Wildman–Crippen MR) is 49.3 cm³/mol. The number of hydrogen-bond acceptors (Lipinski definition) is 3. The summed E-state index contributed by atoms with van der Waals surface area (Å²) >= 11 is 2.88. The molecule has 3 N–H and O–H groups in total. The molecular formula is C7H6BrF3N2O2. The molecule has 0 amide bonds. The van der Waals surface area contributed by atoms with E-state index in [4.69, 9.17) is 5.73 Å². The molecule has 1 aromatic heterocycles. The Bertz CT molecular complexity index is 416. The second-order valence-corrected chi connectivity index (χ2v) is 3.34. The number of rotatable bonds is 2. The molecule has 8 heteroatoms. The third-order valence-electron chi connectivity index (χ3n) is 1.49. The van der Waals surface area contributed by atoms with E-state index >= 15 is 0 Å². The van der Waals surface area contributed by atoms with Crippen molar-refractivity contribution >= 4 is 15.9 Å². The number of pyridine rings is 1. The first-order chi connectivity index (χ1) is 6.83. The quantitative estimate of drug-likeness (QED) is 0.810. The summed E-state index contributed by atoms with van der Waals surface area (Å²) in [5, 5.41) is 0. The molecule has 15 heavy (non-hydrogen) atoms. The third-order valence-corrected chi connectivity index (χ3v) is 2.16. The second kappa shape index (κ2) is 4.23. The average molecular weight is 287 g/mol. The number of nitrogens with two attached hydrogens (primary N) is 1. The Balaban J connectivity index is 3.10. The first-order valence-electron chi connectivity index (χ1n) is 3.71. The van der Waals surface area contributed by atoms with Crippen molar-refractivity contribution in [1.29, 1.82) is 0 Å². The minimum atomic E-state index is -4.84. The van der Waals surface area contributed by atoms with Crippen LogP contribution in [0.5, 0.6) is 5.88 Å². The van der Waals surface area contributed by atoms with Gasteiger partial charge in [0, 0.05) is 18.2 Å². The number of hydrogen-bond donors (Lipinski definition) is 2. The summed E-state index contributed by atoms with van der Waals surface area (Å²) in [6.07, 6.45) is -4.84. The Labute approximate surface area is 90.4 Å². The molecule has 0 unspecified atom stereocenters. The fraction of sp³-hybridized carbons (Fsp3) is 0.286. The van der Waals surface area contributed by atoms with Gasteiger partial charge in [0.05, 0.1) is 4.60 Å². The lowest BCUT2D eigenvalue weighted by atomic mass is 10.3. The lowest BCUT2D eigenvalue weighted by Crippen LogP contribution is -2.21. The first-order valence-corrected chi connectivity index (χ1v) is 4.50. The van der Waals surface area contributed by atoms with Crippen LogP contribution in [-0.4, -0.2) is 11.3 Å². The number of nitrogens with one attached hydrogen (secondary N) is 1. The largest absolute Gasteiger partial charge is 0.574 e. The number of aromatic amines is 1. The van der Waals surface area contributed by atoms with E-state index in [9.17, 15) is 18.0 Å². The van der Waals surface area contributed by atoms with Crippen molar-refractivity contribution in [2.24, 2.45) is 5.73 Å². The summed E-state index contributed by atoms with van der Waals surface area (Å²) in [7, 11) is 0. The van der Waals surface area contributed by atoms with Gasteiger partial charge in [-0.2, -0.15) is 0 Å². The fourth-order valence-corrected chi connectivity index (χ4v) is 1.46. The molecule has 0 saturated heterocycles. The van der Waals surface area contributed by atoms with Crippen LogP contribution in [0.3, 0.4) is 0 Å². The van der Waals surface area contributed by atoms with Crippen molar-refractivity contribution in [3.63, 3.8) is 0 Å². The molecule has 1 rings (SSSR count). The zero-order chi connectivity index (χ0) is 11.6. The Morgan fingerprint density at radius 3 is 2.53 bits per heavy atom. The summed E-state index contributed by atoms with van der Waals surface area (Å²) < 4.78 is 39.0. The van der Waals surface area contributed by atoms with Crippen molar-refractivity contribution in [2.45, 2.75) is 12.9 Å². The highest BCUT2D eigenvalue weighted by molar-refractivity contribution is 9.10. The molecule has 1 aromatic rings. The predicted octanol–water partition coefficient (Wildman–Crippen LogP) is 1.49. The number of alkyl halides is 3. The van der Waals surface area contributed by atoms with Gasteiger partial charge >= 0.3 is 6.36 Å². The molecule has 0 radical (unpaired) electrons. The zero-order valence-corrected chi connectivity index (χ0v) is 8.78. The molecule has 0 aromatic carbocycles. The average Bonchev–Trinajstić information content (AvgIpc) is 1.99. The van der Waals surface area contributed by atoms with Crippen molar-refractivity contribution in [3.05, 3.63) is 26.5 Å². The van der Waals surface area contributed by atoms with Gasteiger partial charge in [0.1, 0.15) is 0 Å². The van der Waals surface area contributed by atoms with Gasteiger partial charge in [0.15, 0.2) is 5.43 Å². The smallest absolute Gasteiger partial charge is 0.390 e. The highest BCUT2D eigenvalue weighted by atomic mass is 79.9. The van der Waals surface area contributed by atoms with E-state index in [1.807, 2.05) is 0 Å². The Kier molecular flexibility index (Phi) is 3.40. The van der Waals surface area contributed by atoms with Crippen molar-refractivity contribution in [1.82, 2.24) is 4.98 Å². The van der Waals surface area contributed by atoms with E-state index in [1.165, 1.54) is 0 Å². The molecule has 0 saturated carbocycles. The van der Waals surface area contributed by atoms with Crippen LogP contribution in [0.25, 0.3) is 0 Å².